The van der Waals surface area contributed by atoms with Crippen molar-refractivity contribution in [1.29, 1.82) is 0 Å². The van der Waals surface area contributed by atoms with Gasteiger partial charge in [-0.25, -0.2) is 4.98 Å². The number of benzene rings is 1. The van der Waals surface area contributed by atoms with Gasteiger partial charge >= 0.3 is 0 Å². The number of aromatic nitrogens is 1. The summed E-state index contributed by atoms with van der Waals surface area (Å²) >= 11 is 3.23. The van der Waals surface area contributed by atoms with Crippen molar-refractivity contribution in [2.75, 3.05) is 0 Å². The predicted molar refractivity (Wildman–Crippen MR) is 64.4 cm³/mol. The Morgan fingerprint density at radius 3 is 2.69 bits per heavy atom. The van der Waals surface area contributed by atoms with E-state index in [9.17, 15) is 4.79 Å². The number of alkyl halides is 1. The molecule has 0 radical (unpaired) electrons. The molecule has 2 rings (SSSR count). The van der Waals surface area contributed by atoms with E-state index in [1.54, 1.807) is 6.92 Å². The Labute approximate surface area is 102 Å². The van der Waals surface area contributed by atoms with E-state index >= 15 is 0 Å². The zero-order valence-electron chi connectivity index (χ0n) is 8.68. The van der Waals surface area contributed by atoms with Crippen molar-refractivity contribution in [2.45, 2.75) is 11.8 Å². The number of aldehydes is 1. The fourth-order valence-corrected chi connectivity index (χ4v) is 1.86. The van der Waals surface area contributed by atoms with Gasteiger partial charge in [0.1, 0.15) is 22.6 Å². The summed E-state index contributed by atoms with van der Waals surface area (Å²) < 4.78 is 5.52. The second-order valence-electron chi connectivity index (χ2n) is 3.36. The Hall–Kier alpha value is -1.42. The molecule has 4 heteroatoms. The van der Waals surface area contributed by atoms with Crippen LogP contribution in [0.4, 0.5) is 0 Å². The molecule has 1 atom stereocenters. The monoisotopic (exact) mass is 279 g/mol. The van der Waals surface area contributed by atoms with Gasteiger partial charge < -0.3 is 9.21 Å². The molecule has 0 spiro atoms. The third kappa shape index (κ3) is 2.07. The Morgan fingerprint density at radius 1 is 1.38 bits per heavy atom. The molecule has 0 amide bonds. The van der Waals surface area contributed by atoms with E-state index in [1.165, 1.54) is 0 Å². The molecule has 1 aromatic carbocycles. The Morgan fingerprint density at radius 2 is 2.06 bits per heavy atom. The molecule has 2 aromatic rings. The Kier molecular flexibility index (Phi) is 3.19. The number of carbonyl (C=O) groups excluding carboxylic acids is 1. The summed E-state index contributed by atoms with van der Waals surface area (Å²) in [7, 11) is 0. The number of aryl methyl sites for hydroxylation is 1. The molecule has 16 heavy (non-hydrogen) atoms. The van der Waals surface area contributed by atoms with E-state index in [1.807, 2.05) is 30.3 Å². The third-order valence-electron chi connectivity index (χ3n) is 2.23. The van der Waals surface area contributed by atoms with Gasteiger partial charge in [0.25, 0.3) is 0 Å². The van der Waals surface area contributed by atoms with E-state index in [0.717, 1.165) is 11.8 Å². The van der Waals surface area contributed by atoms with Crippen molar-refractivity contribution in [3.05, 3.63) is 41.8 Å². The summed E-state index contributed by atoms with van der Waals surface area (Å²) in [6.07, 6.45) is 0.791. The minimum Gasteiger partial charge on any atom is -0.441 e. The first kappa shape index (κ1) is 11.1. The van der Waals surface area contributed by atoms with Gasteiger partial charge in [0, 0.05) is 5.56 Å². The van der Waals surface area contributed by atoms with E-state index in [4.69, 9.17) is 4.42 Å². The number of hydrogen-bond donors (Lipinski definition) is 0. The van der Waals surface area contributed by atoms with E-state index in [0.29, 0.717) is 17.3 Å². The van der Waals surface area contributed by atoms with E-state index < -0.39 is 4.83 Å². The minimum absolute atomic E-state index is 0.409. The van der Waals surface area contributed by atoms with Crippen LogP contribution in [0.15, 0.2) is 34.7 Å². The summed E-state index contributed by atoms with van der Waals surface area (Å²) in [5, 5.41) is 0. The number of hydrogen-bond acceptors (Lipinski definition) is 3. The van der Waals surface area contributed by atoms with Gasteiger partial charge in [0.2, 0.25) is 5.89 Å². The van der Waals surface area contributed by atoms with Crippen LogP contribution in [0.2, 0.25) is 0 Å². The number of halogens is 1. The molecule has 0 saturated carbocycles. The lowest BCUT2D eigenvalue weighted by Gasteiger charge is -1.94. The summed E-state index contributed by atoms with van der Waals surface area (Å²) in [5.41, 5.74) is 1.54. The van der Waals surface area contributed by atoms with Gasteiger partial charge in [-0.15, -0.1) is 0 Å². The highest BCUT2D eigenvalue weighted by Gasteiger charge is 2.17. The van der Waals surface area contributed by atoms with Crippen molar-refractivity contribution < 1.29 is 9.21 Å². The quantitative estimate of drug-likeness (QED) is 0.640. The zero-order chi connectivity index (χ0) is 11.5. The van der Waals surface area contributed by atoms with Gasteiger partial charge in [0.15, 0.2) is 0 Å². The second kappa shape index (κ2) is 4.61. The van der Waals surface area contributed by atoms with Gasteiger partial charge in [-0.1, -0.05) is 34.1 Å². The van der Waals surface area contributed by atoms with Crippen molar-refractivity contribution >= 4 is 22.2 Å². The highest BCUT2D eigenvalue weighted by Crippen LogP contribution is 2.28. The van der Waals surface area contributed by atoms with Crippen LogP contribution in [0.5, 0.6) is 0 Å². The summed E-state index contributed by atoms with van der Waals surface area (Å²) in [5.74, 6) is 1.20. The highest BCUT2D eigenvalue weighted by molar-refractivity contribution is 9.09. The third-order valence-corrected chi connectivity index (χ3v) is 2.88. The molecule has 0 aliphatic heterocycles. The fraction of sp³-hybridized carbons (Fsp3) is 0.167. The molecule has 0 fully saturated rings. The first-order valence-electron chi connectivity index (χ1n) is 4.84. The topological polar surface area (TPSA) is 43.1 Å². The summed E-state index contributed by atoms with van der Waals surface area (Å²) in [6.45, 7) is 1.80. The van der Waals surface area contributed by atoms with Crippen LogP contribution in [0.25, 0.3) is 11.5 Å². The van der Waals surface area contributed by atoms with Crippen molar-refractivity contribution in [3.8, 4) is 11.5 Å². The lowest BCUT2D eigenvalue weighted by molar-refractivity contribution is -0.107. The van der Waals surface area contributed by atoms with Crippen molar-refractivity contribution in [3.63, 3.8) is 0 Å². The van der Waals surface area contributed by atoms with Crippen LogP contribution in [-0.4, -0.2) is 11.3 Å². The molecule has 0 saturated heterocycles. The molecule has 82 valence electrons. The molecule has 1 aromatic heterocycles. The van der Waals surface area contributed by atoms with Crippen LogP contribution in [0.3, 0.4) is 0 Å². The first-order chi connectivity index (χ1) is 7.72. The molecule has 1 heterocycles. The summed E-state index contributed by atoms with van der Waals surface area (Å²) in [4.78, 5) is 14.6. The molecule has 3 nitrogen and oxygen atoms in total. The maximum Gasteiger partial charge on any atom is 0.226 e. The average molecular weight is 280 g/mol. The van der Waals surface area contributed by atoms with Crippen LogP contribution in [0.1, 0.15) is 16.3 Å². The molecule has 0 bridgehead atoms. The lowest BCUT2D eigenvalue weighted by atomic mass is 10.2. The van der Waals surface area contributed by atoms with E-state index in [2.05, 4.69) is 20.9 Å². The van der Waals surface area contributed by atoms with Gasteiger partial charge in [0.05, 0.1) is 0 Å². The SMILES string of the molecule is Cc1oc(-c2ccccc2)nc1C(Br)C=O. The van der Waals surface area contributed by atoms with Crippen LogP contribution >= 0.6 is 15.9 Å². The normalized spacial score (nSPS) is 12.4. The number of nitrogens with zero attached hydrogens (tertiary/aromatic N) is 1. The van der Waals surface area contributed by atoms with Crippen molar-refractivity contribution in [2.24, 2.45) is 0 Å². The Balaban J connectivity index is 2.42. The van der Waals surface area contributed by atoms with Gasteiger partial charge in [-0.2, -0.15) is 0 Å². The number of rotatable bonds is 3. The first-order valence-corrected chi connectivity index (χ1v) is 5.76. The fourth-order valence-electron chi connectivity index (χ4n) is 1.43. The predicted octanol–water partition coefficient (Wildman–Crippen LogP) is 3.28. The maximum atomic E-state index is 10.7. The smallest absolute Gasteiger partial charge is 0.226 e. The average Bonchev–Trinajstić information content (AvgIpc) is 2.71. The lowest BCUT2D eigenvalue weighted by Crippen LogP contribution is -1.93. The molecular formula is C12H10BrNO2. The number of oxazole rings is 1. The Bertz CT molecular complexity index is 493. The van der Waals surface area contributed by atoms with E-state index in [-0.39, 0.29) is 0 Å². The van der Waals surface area contributed by atoms with Crippen LogP contribution < -0.4 is 0 Å². The molecule has 0 N–H and O–H groups in total. The van der Waals surface area contributed by atoms with Gasteiger partial charge in [-0.3, -0.25) is 0 Å². The molecule has 1 unspecified atom stereocenters. The van der Waals surface area contributed by atoms with Crippen molar-refractivity contribution in [1.82, 2.24) is 4.98 Å². The van der Waals surface area contributed by atoms with Crippen LogP contribution in [-0.2, 0) is 4.79 Å². The highest BCUT2D eigenvalue weighted by atomic mass is 79.9. The summed E-state index contributed by atoms with van der Waals surface area (Å²) in [6, 6.07) is 9.59. The maximum absolute atomic E-state index is 10.7. The number of carbonyl (C=O) groups is 1. The standard InChI is InChI=1S/C12H10BrNO2/c1-8-11(10(13)7-15)14-12(16-8)9-5-3-2-4-6-9/h2-7,10H,1H3. The van der Waals surface area contributed by atoms with Crippen LogP contribution in [0, 0.1) is 6.92 Å². The minimum atomic E-state index is -0.409. The van der Waals surface area contributed by atoms with Gasteiger partial charge in [-0.05, 0) is 19.1 Å². The largest absolute Gasteiger partial charge is 0.441 e. The molecular weight excluding hydrogens is 270 g/mol. The molecule has 0 aliphatic carbocycles. The zero-order valence-corrected chi connectivity index (χ0v) is 10.3. The molecule has 0 aliphatic rings. The second-order valence-corrected chi connectivity index (χ2v) is 4.35.